The highest BCUT2D eigenvalue weighted by atomic mass is 19.1. The maximum atomic E-state index is 14.1. The number of piperidine rings is 1. The highest BCUT2D eigenvalue weighted by Crippen LogP contribution is 2.35. The summed E-state index contributed by atoms with van der Waals surface area (Å²) >= 11 is 0. The van der Waals surface area contributed by atoms with Crippen LogP contribution in [0.15, 0.2) is 24.3 Å². The van der Waals surface area contributed by atoms with Crippen molar-refractivity contribution in [2.75, 3.05) is 24.5 Å². The summed E-state index contributed by atoms with van der Waals surface area (Å²) in [6.45, 7) is 4.64. The number of carbonyl (C=O) groups is 1. The third-order valence-corrected chi connectivity index (χ3v) is 7.32. The molecule has 164 valence electrons. The minimum atomic E-state index is -0.219. The smallest absolute Gasteiger partial charge is 0.232 e. The molecule has 2 aromatic rings. The third kappa shape index (κ3) is 4.10. The van der Waals surface area contributed by atoms with E-state index < -0.39 is 0 Å². The molecule has 31 heavy (non-hydrogen) atoms. The van der Waals surface area contributed by atoms with Crippen LogP contribution in [-0.2, 0) is 17.6 Å². The average molecular weight is 423 g/mol. The van der Waals surface area contributed by atoms with Crippen LogP contribution < -0.4 is 4.90 Å². The first-order valence-electron chi connectivity index (χ1n) is 11.8. The zero-order valence-electron chi connectivity index (χ0n) is 18.3. The van der Waals surface area contributed by atoms with Crippen LogP contribution in [-0.4, -0.2) is 46.5 Å². The summed E-state index contributed by atoms with van der Waals surface area (Å²) in [5, 5.41) is 0. The molecule has 6 heteroatoms. The molecule has 0 N–H and O–H groups in total. The Hall–Kier alpha value is -2.34. The first-order valence-corrected chi connectivity index (χ1v) is 11.8. The van der Waals surface area contributed by atoms with Crippen LogP contribution in [0.2, 0.25) is 0 Å². The molecule has 3 heterocycles. The van der Waals surface area contributed by atoms with Crippen LogP contribution in [0.4, 0.5) is 10.2 Å². The summed E-state index contributed by atoms with van der Waals surface area (Å²) in [5.41, 5.74) is 2.49. The fraction of sp³-hybridized carbons (Fsp3) is 0.560. The second-order valence-corrected chi connectivity index (χ2v) is 9.31. The lowest BCUT2D eigenvalue weighted by atomic mass is 9.95. The molecule has 1 atom stereocenters. The standard InChI is InChI=1S/C25H31FN4O/c1-17-21-15-23(31)30(14-12-18-7-2-5-11-22(18)26)25(21)28-24(27-17)19-8-6-13-29(16-19)20-9-3-4-10-20/h2,5,7,11,19-20H,3-4,6,8-10,12-16H2,1H3/t19-/m1/s1. The number of hydrogen-bond acceptors (Lipinski definition) is 4. The Kier molecular flexibility index (Phi) is 5.74. The van der Waals surface area contributed by atoms with Gasteiger partial charge in [-0.15, -0.1) is 0 Å². The normalized spacial score (nSPS) is 22.3. The molecule has 0 unspecified atom stereocenters. The summed E-state index contributed by atoms with van der Waals surface area (Å²) in [6, 6.07) is 7.50. The fourth-order valence-electron chi connectivity index (χ4n) is 5.56. The van der Waals surface area contributed by atoms with Crippen LogP contribution in [0, 0.1) is 12.7 Å². The predicted molar refractivity (Wildman–Crippen MR) is 119 cm³/mol. The van der Waals surface area contributed by atoms with Crippen LogP contribution in [0.5, 0.6) is 0 Å². The Labute approximate surface area is 183 Å². The number of aromatic nitrogens is 2. The minimum Gasteiger partial charge on any atom is -0.300 e. The SMILES string of the molecule is Cc1nc([C@@H]2CCCN(C3CCCC3)C2)nc2c1CC(=O)N2CCc1ccccc1F. The number of rotatable bonds is 5. The zero-order valence-corrected chi connectivity index (χ0v) is 18.3. The van der Waals surface area contributed by atoms with Gasteiger partial charge in [-0.05, 0) is 57.2 Å². The molecule has 1 aromatic carbocycles. The van der Waals surface area contributed by atoms with E-state index in [0.29, 0.717) is 30.9 Å². The Balaban J connectivity index is 1.36. The van der Waals surface area contributed by atoms with Gasteiger partial charge in [-0.2, -0.15) is 0 Å². The van der Waals surface area contributed by atoms with E-state index in [9.17, 15) is 9.18 Å². The molecule has 3 aliphatic rings. The largest absolute Gasteiger partial charge is 0.300 e. The summed E-state index contributed by atoms with van der Waals surface area (Å²) in [5.74, 6) is 1.77. The van der Waals surface area contributed by atoms with E-state index in [1.165, 1.54) is 44.7 Å². The van der Waals surface area contributed by atoms with Gasteiger partial charge in [0.1, 0.15) is 17.5 Å². The number of halogens is 1. The molecule has 0 bridgehead atoms. The number of anilines is 1. The van der Waals surface area contributed by atoms with E-state index in [1.54, 1.807) is 17.0 Å². The molecule has 1 amide bonds. The molecule has 1 saturated heterocycles. The van der Waals surface area contributed by atoms with Crippen molar-refractivity contribution in [2.24, 2.45) is 0 Å². The van der Waals surface area contributed by atoms with Gasteiger partial charge in [0.2, 0.25) is 5.91 Å². The molecule has 1 aromatic heterocycles. The third-order valence-electron chi connectivity index (χ3n) is 7.32. The number of benzene rings is 1. The molecule has 5 nitrogen and oxygen atoms in total. The monoisotopic (exact) mass is 422 g/mol. The van der Waals surface area contributed by atoms with Gasteiger partial charge in [0.25, 0.3) is 0 Å². The number of hydrogen-bond donors (Lipinski definition) is 0. The maximum Gasteiger partial charge on any atom is 0.232 e. The van der Waals surface area contributed by atoms with Crippen molar-refractivity contribution in [1.29, 1.82) is 0 Å². The molecule has 2 aliphatic heterocycles. The number of fused-ring (bicyclic) bond motifs is 1. The fourth-order valence-corrected chi connectivity index (χ4v) is 5.56. The van der Waals surface area contributed by atoms with E-state index in [1.807, 2.05) is 13.0 Å². The lowest BCUT2D eigenvalue weighted by molar-refractivity contribution is -0.117. The van der Waals surface area contributed by atoms with Crippen molar-refractivity contribution in [3.05, 3.63) is 52.7 Å². The topological polar surface area (TPSA) is 49.3 Å². The lowest BCUT2D eigenvalue weighted by Gasteiger charge is -2.36. The van der Waals surface area contributed by atoms with Crippen LogP contribution >= 0.6 is 0 Å². The second kappa shape index (κ2) is 8.65. The summed E-state index contributed by atoms with van der Waals surface area (Å²) in [4.78, 5) is 26.9. The first kappa shape index (κ1) is 20.6. The first-order chi connectivity index (χ1) is 15.1. The van der Waals surface area contributed by atoms with Gasteiger partial charge in [0, 0.05) is 36.3 Å². The van der Waals surface area contributed by atoms with E-state index in [-0.39, 0.29) is 11.7 Å². The van der Waals surface area contributed by atoms with Gasteiger partial charge in [-0.3, -0.25) is 14.6 Å². The van der Waals surface area contributed by atoms with Crippen LogP contribution in [0.25, 0.3) is 0 Å². The molecular weight excluding hydrogens is 391 g/mol. The van der Waals surface area contributed by atoms with Gasteiger partial charge < -0.3 is 0 Å². The average Bonchev–Trinajstić information content (AvgIpc) is 3.42. The van der Waals surface area contributed by atoms with Crippen molar-refractivity contribution in [3.63, 3.8) is 0 Å². The number of likely N-dealkylation sites (tertiary alicyclic amines) is 1. The predicted octanol–water partition coefficient (Wildman–Crippen LogP) is 4.18. The van der Waals surface area contributed by atoms with Crippen molar-refractivity contribution in [1.82, 2.24) is 14.9 Å². The lowest BCUT2D eigenvalue weighted by Crippen LogP contribution is -2.41. The Morgan fingerprint density at radius 1 is 1.10 bits per heavy atom. The van der Waals surface area contributed by atoms with Gasteiger partial charge in [-0.1, -0.05) is 31.0 Å². The van der Waals surface area contributed by atoms with Crippen molar-refractivity contribution in [2.45, 2.75) is 70.3 Å². The maximum absolute atomic E-state index is 14.1. The van der Waals surface area contributed by atoms with E-state index in [0.717, 1.165) is 41.9 Å². The zero-order chi connectivity index (χ0) is 21.4. The summed E-state index contributed by atoms with van der Waals surface area (Å²) in [6.07, 6.45) is 8.43. The van der Waals surface area contributed by atoms with Crippen molar-refractivity contribution in [3.8, 4) is 0 Å². The van der Waals surface area contributed by atoms with Gasteiger partial charge in [-0.25, -0.2) is 14.4 Å². The molecule has 1 saturated carbocycles. The molecular formula is C25H31FN4O. The Bertz CT molecular complexity index is 972. The molecule has 0 radical (unpaired) electrons. The van der Waals surface area contributed by atoms with Gasteiger partial charge in [0.05, 0.1) is 6.42 Å². The van der Waals surface area contributed by atoms with E-state index in [2.05, 4.69) is 4.90 Å². The molecule has 0 spiro atoms. The minimum absolute atomic E-state index is 0.0390. The van der Waals surface area contributed by atoms with Crippen molar-refractivity contribution >= 4 is 11.7 Å². The summed E-state index contributed by atoms with van der Waals surface area (Å²) < 4.78 is 14.1. The highest BCUT2D eigenvalue weighted by Gasteiger charge is 2.34. The molecule has 1 aliphatic carbocycles. The van der Waals surface area contributed by atoms with Gasteiger partial charge in [0.15, 0.2) is 0 Å². The summed E-state index contributed by atoms with van der Waals surface area (Å²) in [7, 11) is 0. The Morgan fingerprint density at radius 2 is 1.90 bits per heavy atom. The number of amides is 1. The molecule has 2 fully saturated rings. The second-order valence-electron chi connectivity index (χ2n) is 9.31. The Morgan fingerprint density at radius 3 is 2.71 bits per heavy atom. The van der Waals surface area contributed by atoms with E-state index in [4.69, 9.17) is 9.97 Å². The quantitative estimate of drug-likeness (QED) is 0.725. The van der Waals surface area contributed by atoms with Crippen LogP contribution in [0.3, 0.4) is 0 Å². The highest BCUT2D eigenvalue weighted by molar-refractivity contribution is 6.00. The van der Waals surface area contributed by atoms with E-state index >= 15 is 0 Å². The number of carbonyl (C=O) groups excluding carboxylic acids is 1. The van der Waals surface area contributed by atoms with Gasteiger partial charge >= 0.3 is 0 Å². The number of nitrogens with zero attached hydrogens (tertiary/aromatic N) is 4. The number of aryl methyl sites for hydroxylation is 1. The van der Waals surface area contributed by atoms with Crippen LogP contribution in [0.1, 0.15) is 67.1 Å². The molecule has 5 rings (SSSR count). The van der Waals surface area contributed by atoms with Crippen molar-refractivity contribution < 1.29 is 9.18 Å².